The molecular weight excluding hydrogens is 328 g/mol. The molecule has 0 aliphatic carbocycles. The summed E-state index contributed by atoms with van der Waals surface area (Å²) >= 11 is 0. The predicted molar refractivity (Wildman–Crippen MR) is 98.7 cm³/mol. The average molecular weight is 354 g/mol. The summed E-state index contributed by atoms with van der Waals surface area (Å²) in [5, 5.41) is 0. The molecule has 1 amide bonds. The van der Waals surface area contributed by atoms with Gasteiger partial charge in [0, 0.05) is 30.4 Å². The summed E-state index contributed by atoms with van der Waals surface area (Å²) in [5.74, 6) is 2.00. The molecule has 6 heteroatoms. The molecule has 2 aromatic rings. The molecule has 0 radical (unpaired) electrons. The number of ether oxygens (including phenoxy) is 1. The fourth-order valence-corrected chi connectivity index (χ4v) is 3.05. The van der Waals surface area contributed by atoms with Crippen molar-refractivity contribution in [3.05, 3.63) is 46.8 Å². The second-order valence-corrected chi connectivity index (χ2v) is 7.15. The number of hydrogen-bond donors (Lipinski definition) is 0. The number of rotatable bonds is 6. The summed E-state index contributed by atoms with van der Waals surface area (Å²) < 4.78 is 5.74. The van der Waals surface area contributed by atoms with E-state index in [1.165, 1.54) is 0 Å². The molecule has 0 N–H and O–H groups in total. The fraction of sp³-hybridized carbons (Fsp3) is 0.500. The van der Waals surface area contributed by atoms with E-state index < -0.39 is 0 Å². The molecule has 0 fully saturated rings. The summed E-state index contributed by atoms with van der Waals surface area (Å²) in [4.78, 5) is 27.8. The van der Waals surface area contributed by atoms with E-state index in [9.17, 15) is 4.79 Å². The topological polar surface area (TPSA) is 68.2 Å². The van der Waals surface area contributed by atoms with E-state index in [-0.39, 0.29) is 12.5 Å². The Morgan fingerprint density at radius 2 is 2.08 bits per heavy atom. The van der Waals surface area contributed by atoms with Gasteiger partial charge < -0.3 is 9.64 Å². The van der Waals surface area contributed by atoms with Crippen molar-refractivity contribution < 1.29 is 9.53 Å². The van der Waals surface area contributed by atoms with Crippen LogP contribution in [-0.2, 0) is 30.7 Å². The number of aromatic nitrogens is 3. The van der Waals surface area contributed by atoms with Crippen LogP contribution in [0.3, 0.4) is 0 Å². The minimum atomic E-state index is -0.0453. The van der Waals surface area contributed by atoms with Crippen LogP contribution in [-0.4, -0.2) is 32.4 Å². The number of carbonyl (C=O) groups excluding carboxylic acids is 1. The minimum Gasteiger partial charge on any atom is -0.482 e. The number of amides is 1. The zero-order chi connectivity index (χ0) is 18.7. The van der Waals surface area contributed by atoms with Crippen LogP contribution in [0, 0.1) is 12.8 Å². The van der Waals surface area contributed by atoms with Crippen molar-refractivity contribution in [3.63, 3.8) is 0 Å². The van der Waals surface area contributed by atoms with Gasteiger partial charge in [0.15, 0.2) is 6.61 Å². The Kier molecular flexibility index (Phi) is 5.49. The molecule has 0 atom stereocenters. The summed E-state index contributed by atoms with van der Waals surface area (Å²) in [6.07, 6.45) is 3.48. The molecule has 3 rings (SSSR count). The van der Waals surface area contributed by atoms with Crippen molar-refractivity contribution in [2.75, 3.05) is 6.61 Å². The van der Waals surface area contributed by atoms with Gasteiger partial charge in [0.05, 0.1) is 17.9 Å². The van der Waals surface area contributed by atoms with E-state index in [1.54, 1.807) is 4.90 Å². The number of fused-ring (bicyclic) bond motifs is 1. The second kappa shape index (κ2) is 7.81. The average Bonchev–Trinajstić information content (AvgIpc) is 3.03. The molecule has 6 nitrogen and oxygen atoms in total. The van der Waals surface area contributed by atoms with E-state index >= 15 is 0 Å². The van der Waals surface area contributed by atoms with Crippen molar-refractivity contribution in [1.82, 2.24) is 19.9 Å². The molecule has 1 aliphatic heterocycles. The lowest BCUT2D eigenvalue weighted by atomic mass is 10.1. The highest BCUT2D eigenvalue weighted by Crippen LogP contribution is 2.22. The Morgan fingerprint density at radius 3 is 2.81 bits per heavy atom. The number of carbonyl (C=O) groups is 1. The normalized spacial score (nSPS) is 13.2. The molecular formula is C20H26N4O2. The standard InChI is InChI=1S/C20H26N4O2/c1-5-16-18(7-6-14(4)22-16)26-12-20(25)24-10-15-9-21-19(8-13(2)3)23-17(15)11-24/h6-7,9,13H,5,8,10-12H2,1-4H3. The molecule has 0 saturated carbocycles. The largest absolute Gasteiger partial charge is 0.482 e. The summed E-state index contributed by atoms with van der Waals surface area (Å²) in [6.45, 7) is 9.36. The van der Waals surface area contributed by atoms with Gasteiger partial charge in [-0.25, -0.2) is 9.97 Å². The highest BCUT2D eigenvalue weighted by Gasteiger charge is 2.25. The SMILES string of the molecule is CCc1nc(C)ccc1OCC(=O)N1Cc2cnc(CC(C)C)nc2C1. The first-order valence-electron chi connectivity index (χ1n) is 9.17. The lowest BCUT2D eigenvalue weighted by Gasteiger charge is -2.16. The Balaban J connectivity index is 1.61. The van der Waals surface area contributed by atoms with Gasteiger partial charge in [0.2, 0.25) is 0 Å². The van der Waals surface area contributed by atoms with Crippen molar-refractivity contribution in [3.8, 4) is 5.75 Å². The maximum Gasteiger partial charge on any atom is 0.261 e. The molecule has 1 aliphatic rings. The third-order valence-electron chi connectivity index (χ3n) is 4.41. The predicted octanol–water partition coefficient (Wildman–Crippen LogP) is 2.86. The molecule has 2 aromatic heterocycles. The van der Waals surface area contributed by atoms with E-state index in [1.807, 2.05) is 32.2 Å². The molecule has 0 unspecified atom stereocenters. The van der Waals surface area contributed by atoms with Crippen LogP contribution in [0.25, 0.3) is 0 Å². The van der Waals surface area contributed by atoms with Crippen molar-refractivity contribution >= 4 is 5.91 Å². The molecule has 138 valence electrons. The number of hydrogen-bond acceptors (Lipinski definition) is 5. The van der Waals surface area contributed by atoms with Crippen LogP contribution in [0.4, 0.5) is 0 Å². The molecule has 0 bridgehead atoms. The summed E-state index contributed by atoms with van der Waals surface area (Å²) in [5.41, 5.74) is 3.81. The van der Waals surface area contributed by atoms with Crippen LogP contribution >= 0.6 is 0 Å². The van der Waals surface area contributed by atoms with E-state index in [2.05, 4.69) is 28.8 Å². The van der Waals surface area contributed by atoms with E-state index in [4.69, 9.17) is 4.74 Å². The van der Waals surface area contributed by atoms with Gasteiger partial charge in [-0.15, -0.1) is 0 Å². The minimum absolute atomic E-state index is 0.0119. The van der Waals surface area contributed by atoms with Crippen LogP contribution in [0.1, 0.15) is 49.2 Å². The van der Waals surface area contributed by atoms with Gasteiger partial charge in [0.25, 0.3) is 5.91 Å². The summed E-state index contributed by atoms with van der Waals surface area (Å²) in [6, 6.07) is 3.79. The van der Waals surface area contributed by atoms with E-state index in [0.717, 1.165) is 41.3 Å². The first-order valence-corrected chi connectivity index (χ1v) is 9.17. The van der Waals surface area contributed by atoms with Gasteiger partial charge in [-0.1, -0.05) is 20.8 Å². The first kappa shape index (κ1) is 18.3. The number of pyridine rings is 1. The molecule has 0 saturated heterocycles. The third kappa shape index (κ3) is 4.18. The van der Waals surface area contributed by atoms with Crippen LogP contribution in [0.2, 0.25) is 0 Å². The first-order chi connectivity index (χ1) is 12.5. The van der Waals surface area contributed by atoms with E-state index in [0.29, 0.717) is 24.8 Å². The van der Waals surface area contributed by atoms with Crippen molar-refractivity contribution in [2.45, 2.75) is 53.6 Å². The molecule has 3 heterocycles. The lowest BCUT2D eigenvalue weighted by molar-refractivity contribution is -0.134. The lowest BCUT2D eigenvalue weighted by Crippen LogP contribution is -2.30. The molecule has 0 spiro atoms. The number of aryl methyl sites for hydroxylation is 2. The fourth-order valence-electron chi connectivity index (χ4n) is 3.05. The van der Waals surface area contributed by atoms with Crippen LogP contribution in [0.15, 0.2) is 18.3 Å². The quantitative estimate of drug-likeness (QED) is 0.798. The Bertz CT molecular complexity index is 804. The highest BCUT2D eigenvalue weighted by molar-refractivity contribution is 5.78. The van der Waals surface area contributed by atoms with Gasteiger partial charge in [-0.3, -0.25) is 9.78 Å². The van der Waals surface area contributed by atoms with Crippen LogP contribution in [0.5, 0.6) is 5.75 Å². The van der Waals surface area contributed by atoms with Crippen LogP contribution < -0.4 is 4.74 Å². The summed E-state index contributed by atoms with van der Waals surface area (Å²) in [7, 11) is 0. The second-order valence-electron chi connectivity index (χ2n) is 7.15. The van der Waals surface area contributed by atoms with Gasteiger partial charge >= 0.3 is 0 Å². The van der Waals surface area contributed by atoms with Crippen molar-refractivity contribution in [1.29, 1.82) is 0 Å². The van der Waals surface area contributed by atoms with Gasteiger partial charge in [-0.2, -0.15) is 0 Å². The highest BCUT2D eigenvalue weighted by atomic mass is 16.5. The van der Waals surface area contributed by atoms with Crippen molar-refractivity contribution in [2.24, 2.45) is 5.92 Å². The molecule has 26 heavy (non-hydrogen) atoms. The number of nitrogens with zero attached hydrogens (tertiary/aromatic N) is 4. The zero-order valence-corrected chi connectivity index (χ0v) is 16.0. The Hall–Kier alpha value is -2.50. The maximum atomic E-state index is 12.5. The molecule has 0 aromatic carbocycles. The Morgan fingerprint density at radius 1 is 1.27 bits per heavy atom. The monoisotopic (exact) mass is 354 g/mol. The third-order valence-corrected chi connectivity index (χ3v) is 4.41. The zero-order valence-electron chi connectivity index (χ0n) is 16.0. The van der Waals surface area contributed by atoms with Gasteiger partial charge in [0.1, 0.15) is 11.6 Å². The smallest absolute Gasteiger partial charge is 0.261 e. The maximum absolute atomic E-state index is 12.5. The van der Waals surface area contributed by atoms with Gasteiger partial charge in [-0.05, 0) is 31.4 Å². The Labute approximate surface area is 154 Å².